The molecule has 3 aliphatic rings. The summed E-state index contributed by atoms with van der Waals surface area (Å²) in [5.41, 5.74) is 8.45. The molecule has 8 nitrogen and oxygen atoms in total. The lowest BCUT2D eigenvalue weighted by Gasteiger charge is -2.41. The van der Waals surface area contributed by atoms with Crippen LogP contribution in [0.3, 0.4) is 0 Å². The average molecular weight is 449 g/mol. The third-order valence-corrected chi connectivity index (χ3v) is 7.35. The summed E-state index contributed by atoms with van der Waals surface area (Å²) in [6.45, 7) is 3.24. The van der Waals surface area contributed by atoms with E-state index >= 15 is 0 Å². The zero-order valence-electron chi connectivity index (χ0n) is 16.6. The number of aromatic nitrogens is 3. The van der Waals surface area contributed by atoms with Gasteiger partial charge in [0.25, 0.3) is 5.56 Å². The van der Waals surface area contributed by atoms with E-state index < -0.39 is 0 Å². The second-order valence-electron chi connectivity index (χ2n) is 8.20. The van der Waals surface area contributed by atoms with Crippen LogP contribution in [0.25, 0.3) is 0 Å². The SMILES string of the molecule is Cn1c(N2CCC3(CC2)COC[C@H]3N)nc2c(c1=O)C(c1ccnc(Cl)c1Cl)=NC2. The van der Waals surface area contributed by atoms with Crippen molar-refractivity contribution in [1.29, 1.82) is 0 Å². The number of ether oxygens (including phenoxy) is 1. The first kappa shape index (κ1) is 19.9. The summed E-state index contributed by atoms with van der Waals surface area (Å²) in [4.78, 5) is 28.8. The maximum atomic E-state index is 13.3. The number of piperidine rings is 1. The van der Waals surface area contributed by atoms with Gasteiger partial charge in [-0.25, -0.2) is 9.97 Å². The third-order valence-electron chi connectivity index (χ3n) is 6.58. The standard InChI is InChI=1S/C20H22Cl2N6O2/c1-27-18(29)14-12(8-25-16(14)11-2-5-24-17(22)15(11)21)26-19(27)28-6-3-20(4-7-28)10-30-9-13(20)23/h2,5,13H,3-4,6-10,23H2,1H3/t13-/m1/s1. The van der Waals surface area contributed by atoms with E-state index in [0.29, 0.717) is 48.2 Å². The van der Waals surface area contributed by atoms with Gasteiger partial charge in [0.05, 0.1) is 41.8 Å². The zero-order valence-corrected chi connectivity index (χ0v) is 18.1. The maximum Gasteiger partial charge on any atom is 0.264 e. The highest BCUT2D eigenvalue weighted by Crippen LogP contribution is 2.39. The summed E-state index contributed by atoms with van der Waals surface area (Å²) in [5, 5.41) is 0.469. The minimum absolute atomic E-state index is 0.0414. The summed E-state index contributed by atoms with van der Waals surface area (Å²) in [6, 6.07) is 1.79. The van der Waals surface area contributed by atoms with Crippen LogP contribution in [0.5, 0.6) is 0 Å². The number of nitrogens with zero attached hydrogens (tertiary/aromatic N) is 5. The molecule has 30 heavy (non-hydrogen) atoms. The maximum absolute atomic E-state index is 13.3. The van der Waals surface area contributed by atoms with E-state index in [1.54, 1.807) is 23.9 Å². The highest BCUT2D eigenvalue weighted by Gasteiger charge is 2.44. The van der Waals surface area contributed by atoms with Gasteiger partial charge in [-0.05, 0) is 18.9 Å². The van der Waals surface area contributed by atoms with E-state index in [9.17, 15) is 4.79 Å². The van der Waals surface area contributed by atoms with E-state index in [1.165, 1.54) is 0 Å². The number of halogens is 2. The van der Waals surface area contributed by atoms with Crippen molar-refractivity contribution in [2.75, 3.05) is 31.2 Å². The monoisotopic (exact) mass is 448 g/mol. The van der Waals surface area contributed by atoms with Crippen molar-refractivity contribution < 1.29 is 4.74 Å². The minimum atomic E-state index is -0.142. The van der Waals surface area contributed by atoms with Crippen molar-refractivity contribution >= 4 is 34.9 Å². The number of pyridine rings is 1. The van der Waals surface area contributed by atoms with Crippen molar-refractivity contribution in [3.8, 4) is 0 Å². The molecule has 0 bridgehead atoms. The van der Waals surface area contributed by atoms with E-state index in [2.05, 4.69) is 14.9 Å². The Balaban J connectivity index is 1.47. The van der Waals surface area contributed by atoms with Crippen LogP contribution < -0.4 is 16.2 Å². The lowest BCUT2D eigenvalue weighted by molar-refractivity contribution is 0.131. The van der Waals surface area contributed by atoms with Crippen LogP contribution in [0.4, 0.5) is 5.95 Å². The second-order valence-corrected chi connectivity index (χ2v) is 8.93. The molecular formula is C20H22Cl2N6O2. The molecular weight excluding hydrogens is 427 g/mol. The van der Waals surface area contributed by atoms with Gasteiger partial charge in [-0.3, -0.25) is 14.4 Å². The number of anilines is 1. The van der Waals surface area contributed by atoms with Gasteiger partial charge in [0.15, 0.2) is 0 Å². The van der Waals surface area contributed by atoms with Crippen LogP contribution in [0.2, 0.25) is 10.2 Å². The summed E-state index contributed by atoms with van der Waals surface area (Å²) >= 11 is 12.4. The first-order valence-electron chi connectivity index (χ1n) is 9.95. The van der Waals surface area contributed by atoms with Gasteiger partial charge >= 0.3 is 0 Å². The van der Waals surface area contributed by atoms with Gasteiger partial charge in [0.2, 0.25) is 5.95 Å². The minimum Gasteiger partial charge on any atom is -0.379 e. The molecule has 2 aromatic heterocycles. The first-order valence-corrected chi connectivity index (χ1v) is 10.7. The molecule has 2 N–H and O–H groups in total. The summed E-state index contributed by atoms with van der Waals surface area (Å²) in [7, 11) is 1.75. The molecule has 0 aliphatic carbocycles. The molecule has 0 radical (unpaired) electrons. The smallest absolute Gasteiger partial charge is 0.264 e. The van der Waals surface area contributed by atoms with Crippen LogP contribution in [-0.2, 0) is 18.3 Å². The number of nitrogens with two attached hydrogens (primary N) is 1. The van der Waals surface area contributed by atoms with E-state index in [4.69, 9.17) is 38.7 Å². The third kappa shape index (κ3) is 2.97. The quantitative estimate of drug-likeness (QED) is 0.702. The molecule has 5 rings (SSSR count). The van der Waals surface area contributed by atoms with Gasteiger partial charge in [-0.2, -0.15) is 0 Å². The predicted molar refractivity (Wildman–Crippen MR) is 116 cm³/mol. The van der Waals surface area contributed by atoms with Crippen molar-refractivity contribution in [3.05, 3.63) is 49.6 Å². The highest BCUT2D eigenvalue weighted by atomic mass is 35.5. The lowest BCUT2D eigenvalue weighted by atomic mass is 9.75. The fourth-order valence-electron chi connectivity index (χ4n) is 4.66. The van der Waals surface area contributed by atoms with Gasteiger partial charge in [0.1, 0.15) is 5.15 Å². The molecule has 2 saturated heterocycles. The first-order chi connectivity index (χ1) is 14.4. The normalized spacial score (nSPS) is 22.5. The number of rotatable bonds is 2. The molecule has 3 aliphatic heterocycles. The Morgan fingerprint density at radius 2 is 2.07 bits per heavy atom. The Bertz CT molecular complexity index is 1110. The Labute approximate surface area is 183 Å². The molecule has 2 aromatic rings. The Morgan fingerprint density at radius 1 is 1.30 bits per heavy atom. The van der Waals surface area contributed by atoms with Crippen LogP contribution in [-0.4, -0.2) is 52.6 Å². The molecule has 0 unspecified atom stereocenters. The molecule has 158 valence electrons. The van der Waals surface area contributed by atoms with Gasteiger partial charge in [-0.15, -0.1) is 0 Å². The summed E-state index contributed by atoms with van der Waals surface area (Å²) in [6.07, 6.45) is 3.40. The van der Waals surface area contributed by atoms with Crippen molar-refractivity contribution in [2.24, 2.45) is 23.2 Å². The Kier molecular flexibility index (Phi) is 4.85. The van der Waals surface area contributed by atoms with E-state index in [-0.39, 0.29) is 27.2 Å². The van der Waals surface area contributed by atoms with Crippen molar-refractivity contribution in [3.63, 3.8) is 0 Å². The van der Waals surface area contributed by atoms with Gasteiger partial charge in [0, 0.05) is 43.4 Å². The number of hydrogen-bond acceptors (Lipinski definition) is 7. The van der Waals surface area contributed by atoms with E-state index in [0.717, 1.165) is 25.9 Å². The Hall–Kier alpha value is -2.00. The molecule has 1 spiro atoms. The predicted octanol–water partition coefficient (Wildman–Crippen LogP) is 1.78. The molecule has 1 atom stereocenters. The summed E-state index contributed by atoms with van der Waals surface area (Å²) < 4.78 is 7.21. The van der Waals surface area contributed by atoms with Crippen molar-refractivity contribution in [2.45, 2.75) is 25.4 Å². The van der Waals surface area contributed by atoms with Crippen LogP contribution in [0.1, 0.15) is 29.7 Å². The molecule has 10 heteroatoms. The lowest BCUT2D eigenvalue weighted by Crippen LogP contribution is -2.50. The van der Waals surface area contributed by atoms with Crippen LogP contribution >= 0.6 is 23.2 Å². The largest absolute Gasteiger partial charge is 0.379 e. The molecule has 0 amide bonds. The summed E-state index contributed by atoms with van der Waals surface area (Å²) in [5.74, 6) is 0.663. The topological polar surface area (TPSA) is 98.6 Å². The second kappa shape index (κ2) is 7.30. The molecule has 0 aromatic carbocycles. The average Bonchev–Trinajstić information content (AvgIpc) is 3.32. The van der Waals surface area contributed by atoms with Crippen LogP contribution in [0.15, 0.2) is 22.1 Å². The number of fused-ring (bicyclic) bond motifs is 1. The Morgan fingerprint density at radius 3 is 2.77 bits per heavy atom. The fraction of sp³-hybridized carbons (Fsp3) is 0.500. The fourth-order valence-corrected chi connectivity index (χ4v) is 5.02. The van der Waals surface area contributed by atoms with Gasteiger partial charge in [-0.1, -0.05) is 23.2 Å². The van der Waals surface area contributed by atoms with Crippen LogP contribution in [0, 0.1) is 5.41 Å². The zero-order chi connectivity index (χ0) is 21.0. The van der Waals surface area contributed by atoms with E-state index in [1.807, 2.05) is 0 Å². The highest BCUT2D eigenvalue weighted by molar-refractivity contribution is 6.44. The number of aliphatic imine (C=N–C) groups is 1. The van der Waals surface area contributed by atoms with Crippen molar-refractivity contribution in [1.82, 2.24) is 14.5 Å². The molecule has 5 heterocycles. The molecule has 0 saturated carbocycles. The number of hydrogen-bond donors (Lipinski definition) is 1. The van der Waals surface area contributed by atoms with Gasteiger partial charge < -0.3 is 15.4 Å². The molecule has 2 fully saturated rings.